The zero-order chi connectivity index (χ0) is 14.3. The van der Waals surface area contributed by atoms with Crippen LogP contribution in [0, 0.1) is 11.6 Å². The predicted octanol–water partition coefficient (Wildman–Crippen LogP) is 1.34. The normalized spacial score (nSPS) is 11.2. The van der Waals surface area contributed by atoms with Crippen molar-refractivity contribution < 1.29 is 18.6 Å². The van der Waals surface area contributed by atoms with E-state index in [9.17, 15) is 8.78 Å². The van der Waals surface area contributed by atoms with Gasteiger partial charge >= 0.3 is 0 Å². The summed E-state index contributed by atoms with van der Waals surface area (Å²) in [6.45, 7) is 3.37. The van der Waals surface area contributed by atoms with Gasteiger partial charge in [0.05, 0.1) is 6.61 Å². The second-order valence-corrected chi connectivity index (χ2v) is 4.38. The summed E-state index contributed by atoms with van der Waals surface area (Å²) in [5.74, 6) is -2.80. The van der Waals surface area contributed by atoms with Gasteiger partial charge in [-0.25, -0.2) is 8.78 Å². The number of hydrogen-bond donors (Lipinski definition) is 2. The molecule has 19 heavy (non-hydrogen) atoms. The van der Waals surface area contributed by atoms with Gasteiger partial charge in [-0.3, -0.25) is 0 Å². The molecule has 0 aliphatic rings. The number of likely N-dealkylation sites (N-methyl/N-ethyl adjacent to an activating group) is 1. The van der Waals surface area contributed by atoms with Crippen LogP contribution in [-0.4, -0.2) is 50.4 Å². The van der Waals surface area contributed by atoms with Crippen LogP contribution in [0.4, 0.5) is 8.78 Å². The topological polar surface area (TPSA) is 44.7 Å². The van der Waals surface area contributed by atoms with Gasteiger partial charge in [-0.05, 0) is 24.7 Å². The number of phenols is 1. The molecule has 4 nitrogen and oxygen atoms in total. The monoisotopic (exact) mass is 274 g/mol. The van der Waals surface area contributed by atoms with Crippen LogP contribution in [0.3, 0.4) is 0 Å². The van der Waals surface area contributed by atoms with Gasteiger partial charge in [-0.1, -0.05) is 0 Å². The van der Waals surface area contributed by atoms with Crippen molar-refractivity contribution in [2.24, 2.45) is 0 Å². The van der Waals surface area contributed by atoms with E-state index in [2.05, 4.69) is 10.2 Å². The number of phenolic OH excluding ortho intramolecular Hbond substituents is 1. The highest BCUT2D eigenvalue weighted by Crippen LogP contribution is 2.21. The van der Waals surface area contributed by atoms with Crippen LogP contribution in [0.15, 0.2) is 12.1 Å². The fourth-order valence-corrected chi connectivity index (χ4v) is 1.58. The summed E-state index contributed by atoms with van der Waals surface area (Å²) in [6, 6.07) is 2.25. The van der Waals surface area contributed by atoms with Gasteiger partial charge < -0.3 is 20.1 Å². The molecule has 0 aliphatic carbocycles. The number of nitrogens with zero attached hydrogens (tertiary/aromatic N) is 1. The minimum absolute atomic E-state index is 0.353. The second kappa shape index (κ2) is 8.04. The quantitative estimate of drug-likeness (QED) is 0.702. The van der Waals surface area contributed by atoms with Crippen LogP contribution in [-0.2, 0) is 11.3 Å². The Hall–Kier alpha value is -1.24. The van der Waals surface area contributed by atoms with Gasteiger partial charge in [0.2, 0.25) is 0 Å². The summed E-state index contributed by atoms with van der Waals surface area (Å²) in [5.41, 5.74) is 0.465. The number of benzene rings is 1. The smallest absolute Gasteiger partial charge is 0.187 e. The predicted molar refractivity (Wildman–Crippen MR) is 69.1 cm³/mol. The SMILES string of the molecule is COCCN(C)CCNCc1cc(F)c(O)c(F)c1. The van der Waals surface area contributed by atoms with E-state index in [0.29, 0.717) is 25.3 Å². The van der Waals surface area contributed by atoms with Crippen LogP contribution >= 0.6 is 0 Å². The number of ether oxygens (including phenoxy) is 1. The van der Waals surface area contributed by atoms with Crippen molar-refractivity contribution in [3.05, 3.63) is 29.3 Å². The van der Waals surface area contributed by atoms with Gasteiger partial charge in [-0.15, -0.1) is 0 Å². The van der Waals surface area contributed by atoms with E-state index in [1.807, 2.05) is 7.05 Å². The summed E-state index contributed by atoms with van der Waals surface area (Å²) in [6.07, 6.45) is 0. The fraction of sp³-hybridized carbons (Fsp3) is 0.538. The number of rotatable bonds is 8. The Balaban J connectivity index is 2.30. The lowest BCUT2D eigenvalue weighted by Crippen LogP contribution is -2.31. The van der Waals surface area contributed by atoms with Gasteiger partial charge in [0.25, 0.3) is 0 Å². The lowest BCUT2D eigenvalue weighted by molar-refractivity contribution is 0.161. The Morgan fingerprint density at radius 1 is 1.26 bits per heavy atom. The number of nitrogens with one attached hydrogen (secondary N) is 1. The third-order valence-corrected chi connectivity index (χ3v) is 2.75. The van der Waals surface area contributed by atoms with Gasteiger partial charge in [0.15, 0.2) is 17.4 Å². The molecule has 0 atom stereocenters. The third kappa shape index (κ3) is 5.50. The van der Waals surface area contributed by atoms with Crippen LogP contribution in [0.25, 0.3) is 0 Å². The first kappa shape index (κ1) is 15.8. The summed E-state index contributed by atoms with van der Waals surface area (Å²) >= 11 is 0. The van der Waals surface area contributed by atoms with E-state index in [-0.39, 0.29) is 0 Å². The van der Waals surface area contributed by atoms with Gasteiger partial charge in [0, 0.05) is 33.3 Å². The zero-order valence-corrected chi connectivity index (χ0v) is 11.2. The van der Waals surface area contributed by atoms with Crippen LogP contribution in [0.5, 0.6) is 5.75 Å². The van der Waals surface area contributed by atoms with Crippen molar-refractivity contribution in [3.63, 3.8) is 0 Å². The van der Waals surface area contributed by atoms with E-state index in [1.165, 1.54) is 0 Å². The van der Waals surface area contributed by atoms with Crippen LogP contribution in [0.2, 0.25) is 0 Å². The van der Waals surface area contributed by atoms with Crippen molar-refractivity contribution in [2.75, 3.05) is 40.4 Å². The Morgan fingerprint density at radius 3 is 2.47 bits per heavy atom. The first-order chi connectivity index (χ1) is 9.04. The molecule has 108 valence electrons. The first-order valence-corrected chi connectivity index (χ1v) is 6.09. The van der Waals surface area contributed by atoms with Crippen LogP contribution in [0.1, 0.15) is 5.56 Å². The molecule has 1 aromatic rings. The maximum absolute atomic E-state index is 13.1. The minimum Gasteiger partial charge on any atom is -0.503 e. The maximum atomic E-state index is 13.1. The lowest BCUT2D eigenvalue weighted by atomic mass is 10.2. The Kier molecular flexibility index (Phi) is 6.69. The van der Waals surface area contributed by atoms with Crippen molar-refractivity contribution in [1.29, 1.82) is 0 Å². The number of halogens is 2. The Morgan fingerprint density at radius 2 is 1.89 bits per heavy atom. The first-order valence-electron chi connectivity index (χ1n) is 6.09. The average Bonchev–Trinajstić information content (AvgIpc) is 2.38. The molecule has 0 amide bonds. The van der Waals surface area contributed by atoms with Gasteiger partial charge in [0.1, 0.15) is 0 Å². The zero-order valence-electron chi connectivity index (χ0n) is 11.2. The molecule has 0 spiro atoms. The maximum Gasteiger partial charge on any atom is 0.187 e. The third-order valence-electron chi connectivity index (χ3n) is 2.75. The number of methoxy groups -OCH3 is 1. The van der Waals surface area contributed by atoms with Crippen LogP contribution < -0.4 is 5.32 Å². The summed E-state index contributed by atoms with van der Waals surface area (Å²) in [4.78, 5) is 2.09. The summed E-state index contributed by atoms with van der Waals surface area (Å²) in [5, 5.41) is 12.1. The highest BCUT2D eigenvalue weighted by Gasteiger charge is 2.09. The van der Waals surface area contributed by atoms with E-state index in [4.69, 9.17) is 9.84 Å². The van der Waals surface area contributed by atoms with Gasteiger partial charge in [-0.2, -0.15) is 0 Å². The van der Waals surface area contributed by atoms with E-state index >= 15 is 0 Å². The van der Waals surface area contributed by atoms with E-state index in [1.54, 1.807) is 7.11 Å². The molecule has 0 aliphatic heterocycles. The van der Waals surface area contributed by atoms with Crippen molar-refractivity contribution in [1.82, 2.24) is 10.2 Å². The molecule has 6 heteroatoms. The number of hydrogen-bond acceptors (Lipinski definition) is 4. The largest absolute Gasteiger partial charge is 0.503 e. The molecule has 0 bridgehead atoms. The lowest BCUT2D eigenvalue weighted by Gasteiger charge is -2.16. The molecule has 0 aromatic heterocycles. The Bertz CT molecular complexity index is 379. The fourth-order valence-electron chi connectivity index (χ4n) is 1.58. The standard InChI is InChI=1S/C13H20F2N2O2/c1-17(5-6-19-2)4-3-16-9-10-7-11(14)13(18)12(15)8-10/h7-8,16,18H,3-6,9H2,1-2H3. The number of aromatic hydroxyl groups is 1. The molecule has 0 saturated carbocycles. The molecule has 0 fully saturated rings. The molecule has 0 radical (unpaired) electrons. The Labute approximate surface area is 112 Å². The summed E-state index contributed by atoms with van der Waals surface area (Å²) < 4.78 is 31.1. The van der Waals surface area contributed by atoms with Crippen molar-refractivity contribution in [2.45, 2.75) is 6.54 Å². The second-order valence-electron chi connectivity index (χ2n) is 4.38. The molecular weight excluding hydrogens is 254 g/mol. The molecule has 1 aromatic carbocycles. The molecule has 2 N–H and O–H groups in total. The summed E-state index contributed by atoms with van der Waals surface area (Å²) in [7, 11) is 3.63. The molecule has 1 rings (SSSR count). The van der Waals surface area contributed by atoms with Crippen molar-refractivity contribution >= 4 is 0 Å². The average molecular weight is 274 g/mol. The molecule has 0 heterocycles. The minimum atomic E-state index is -0.936. The van der Waals surface area contributed by atoms with E-state index in [0.717, 1.165) is 25.2 Å². The van der Waals surface area contributed by atoms with E-state index < -0.39 is 17.4 Å². The highest BCUT2D eigenvalue weighted by atomic mass is 19.1. The van der Waals surface area contributed by atoms with Crippen molar-refractivity contribution in [3.8, 4) is 5.75 Å². The highest BCUT2D eigenvalue weighted by molar-refractivity contribution is 5.29. The molecule has 0 saturated heterocycles. The molecule has 0 unspecified atom stereocenters. The molecular formula is C13H20F2N2O2.